The van der Waals surface area contributed by atoms with Crippen LogP contribution in [0.15, 0.2) is 18.2 Å². The first kappa shape index (κ1) is 9.27. The summed E-state index contributed by atoms with van der Waals surface area (Å²) in [5.41, 5.74) is 6.50. The number of anilines is 2. The summed E-state index contributed by atoms with van der Waals surface area (Å²) in [6, 6.07) is 5.23. The van der Waals surface area contributed by atoms with Crippen LogP contribution in [-0.2, 0) is 0 Å². The Bertz CT molecular complexity index is 334. The zero-order chi connectivity index (χ0) is 10.1. The number of nitrogens with one attached hydrogen (secondary N) is 1. The first-order valence-electron chi connectivity index (χ1n) is 4.66. The van der Waals surface area contributed by atoms with Crippen LogP contribution in [0.5, 0.6) is 0 Å². The lowest BCUT2D eigenvalue weighted by atomic mass is 10.1. The number of hydrogen-bond acceptors (Lipinski definition) is 3. The van der Waals surface area contributed by atoms with Crippen molar-refractivity contribution >= 4 is 11.4 Å². The van der Waals surface area contributed by atoms with Gasteiger partial charge >= 0.3 is 0 Å². The molecule has 0 aromatic heterocycles. The molecule has 1 aliphatic heterocycles. The molecule has 14 heavy (non-hydrogen) atoms. The predicted octanol–water partition coefficient (Wildman–Crippen LogP) is 1.13. The molecule has 0 spiro atoms. The number of likely N-dealkylation sites (tertiary alicyclic amines) is 1. The van der Waals surface area contributed by atoms with Gasteiger partial charge in [-0.2, -0.15) is 0 Å². The summed E-state index contributed by atoms with van der Waals surface area (Å²) in [6.45, 7) is 1.96. The number of para-hydroxylation sites is 1. The van der Waals surface area contributed by atoms with E-state index in [1.54, 1.807) is 12.1 Å². The van der Waals surface area contributed by atoms with Gasteiger partial charge in [0.1, 0.15) is 5.82 Å². The third-order valence-corrected chi connectivity index (χ3v) is 2.48. The van der Waals surface area contributed by atoms with E-state index < -0.39 is 0 Å². The van der Waals surface area contributed by atoms with Gasteiger partial charge in [0.25, 0.3) is 0 Å². The molecule has 0 aliphatic carbocycles. The fraction of sp³-hybridized carbons (Fsp3) is 0.400. The Balaban J connectivity index is 2.06. The van der Waals surface area contributed by atoms with E-state index in [-0.39, 0.29) is 11.5 Å². The van der Waals surface area contributed by atoms with Gasteiger partial charge in [0.2, 0.25) is 0 Å². The van der Waals surface area contributed by atoms with Crippen LogP contribution in [0, 0.1) is 5.82 Å². The number of benzene rings is 1. The smallest absolute Gasteiger partial charge is 0.148 e. The maximum absolute atomic E-state index is 13.1. The summed E-state index contributed by atoms with van der Waals surface area (Å²) in [6.07, 6.45) is 0. The van der Waals surface area contributed by atoms with Crippen LogP contribution in [0.25, 0.3) is 0 Å². The molecule has 0 amide bonds. The van der Waals surface area contributed by atoms with Crippen molar-refractivity contribution in [2.24, 2.45) is 0 Å². The standard InChI is InChI=1S/C10H14FN3/c1-14-5-7(6-14)13-9-4-2-3-8(11)10(9)12/h2-4,7,13H,5-6,12H2,1H3. The largest absolute Gasteiger partial charge is 0.395 e. The van der Waals surface area contributed by atoms with Gasteiger partial charge in [0.15, 0.2) is 0 Å². The Morgan fingerprint density at radius 1 is 1.50 bits per heavy atom. The zero-order valence-corrected chi connectivity index (χ0v) is 8.13. The Morgan fingerprint density at radius 3 is 2.86 bits per heavy atom. The normalized spacial score (nSPS) is 17.9. The first-order chi connectivity index (χ1) is 6.66. The highest BCUT2D eigenvalue weighted by Gasteiger charge is 2.23. The van der Waals surface area contributed by atoms with E-state index in [9.17, 15) is 4.39 Å². The molecule has 1 fully saturated rings. The van der Waals surface area contributed by atoms with E-state index in [1.165, 1.54) is 6.07 Å². The van der Waals surface area contributed by atoms with Crippen molar-refractivity contribution in [1.29, 1.82) is 0 Å². The molecular weight excluding hydrogens is 181 g/mol. The average molecular weight is 195 g/mol. The summed E-state index contributed by atoms with van der Waals surface area (Å²) in [4.78, 5) is 2.19. The molecule has 0 unspecified atom stereocenters. The molecule has 3 N–H and O–H groups in total. The molecule has 1 saturated heterocycles. The molecule has 0 bridgehead atoms. The van der Waals surface area contributed by atoms with E-state index in [1.807, 2.05) is 7.05 Å². The first-order valence-corrected chi connectivity index (χ1v) is 4.66. The van der Waals surface area contributed by atoms with Gasteiger partial charge in [-0.25, -0.2) is 4.39 Å². The molecular formula is C10H14FN3. The Kier molecular flexibility index (Phi) is 2.29. The summed E-state index contributed by atoms with van der Waals surface area (Å²) < 4.78 is 13.1. The van der Waals surface area contributed by atoms with Gasteiger partial charge in [-0.1, -0.05) is 6.07 Å². The molecule has 0 radical (unpaired) electrons. The summed E-state index contributed by atoms with van der Waals surface area (Å²) >= 11 is 0. The van der Waals surface area contributed by atoms with E-state index >= 15 is 0 Å². The minimum Gasteiger partial charge on any atom is -0.395 e. The lowest BCUT2D eigenvalue weighted by Gasteiger charge is -2.37. The third kappa shape index (κ3) is 1.65. The second kappa shape index (κ2) is 3.46. The van der Waals surface area contributed by atoms with Crippen LogP contribution >= 0.6 is 0 Å². The number of nitrogen functional groups attached to an aromatic ring is 1. The van der Waals surface area contributed by atoms with Gasteiger partial charge < -0.3 is 16.0 Å². The van der Waals surface area contributed by atoms with Crippen LogP contribution in [0.1, 0.15) is 0 Å². The Labute approximate surface area is 82.7 Å². The molecule has 3 nitrogen and oxygen atoms in total. The van der Waals surface area contributed by atoms with Crippen molar-refractivity contribution in [3.8, 4) is 0 Å². The summed E-state index contributed by atoms with van der Waals surface area (Å²) in [5, 5.41) is 3.21. The minimum atomic E-state index is -0.359. The van der Waals surface area contributed by atoms with E-state index in [0.29, 0.717) is 11.7 Å². The second-order valence-electron chi connectivity index (χ2n) is 3.76. The van der Waals surface area contributed by atoms with Gasteiger partial charge in [0, 0.05) is 13.1 Å². The molecule has 1 heterocycles. The number of rotatable bonds is 2. The number of halogens is 1. The van der Waals surface area contributed by atoms with Crippen LogP contribution in [0.3, 0.4) is 0 Å². The number of hydrogen-bond donors (Lipinski definition) is 2. The van der Waals surface area contributed by atoms with Crippen molar-refractivity contribution in [3.05, 3.63) is 24.0 Å². The maximum atomic E-state index is 13.1. The lowest BCUT2D eigenvalue weighted by molar-refractivity contribution is 0.205. The molecule has 4 heteroatoms. The highest BCUT2D eigenvalue weighted by atomic mass is 19.1. The molecule has 0 saturated carbocycles. The Morgan fingerprint density at radius 2 is 2.21 bits per heavy atom. The van der Waals surface area contributed by atoms with Crippen molar-refractivity contribution in [3.63, 3.8) is 0 Å². The van der Waals surface area contributed by atoms with Gasteiger partial charge in [-0.05, 0) is 19.2 Å². The number of likely N-dealkylation sites (N-methyl/N-ethyl adjacent to an activating group) is 1. The molecule has 76 valence electrons. The van der Waals surface area contributed by atoms with Gasteiger partial charge in [0.05, 0.1) is 17.4 Å². The highest BCUT2D eigenvalue weighted by molar-refractivity contribution is 5.67. The second-order valence-corrected chi connectivity index (χ2v) is 3.76. The summed E-state index contributed by atoms with van der Waals surface area (Å²) in [5.74, 6) is -0.359. The topological polar surface area (TPSA) is 41.3 Å². The predicted molar refractivity (Wildman–Crippen MR) is 55.7 cm³/mol. The molecule has 1 aromatic carbocycles. The molecule has 2 rings (SSSR count). The van der Waals surface area contributed by atoms with Gasteiger partial charge in [-0.15, -0.1) is 0 Å². The monoisotopic (exact) mass is 195 g/mol. The van der Waals surface area contributed by atoms with Crippen molar-refractivity contribution < 1.29 is 4.39 Å². The van der Waals surface area contributed by atoms with Crippen molar-refractivity contribution in [2.75, 3.05) is 31.2 Å². The van der Waals surface area contributed by atoms with Crippen LogP contribution in [0.4, 0.5) is 15.8 Å². The highest BCUT2D eigenvalue weighted by Crippen LogP contribution is 2.23. The van der Waals surface area contributed by atoms with Crippen LogP contribution in [0.2, 0.25) is 0 Å². The van der Waals surface area contributed by atoms with Crippen molar-refractivity contribution in [1.82, 2.24) is 4.90 Å². The number of nitrogens with two attached hydrogens (primary N) is 1. The van der Waals surface area contributed by atoms with Crippen LogP contribution in [-0.4, -0.2) is 31.1 Å². The van der Waals surface area contributed by atoms with E-state index in [0.717, 1.165) is 13.1 Å². The quantitative estimate of drug-likeness (QED) is 0.695. The molecule has 0 atom stereocenters. The van der Waals surface area contributed by atoms with Crippen LogP contribution < -0.4 is 11.1 Å². The molecule has 1 aliphatic rings. The fourth-order valence-corrected chi connectivity index (χ4v) is 1.67. The van der Waals surface area contributed by atoms with E-state index in [4.69, 9.17) is 5.73 Å². The SMILES string of the molecule is CN1CC(Nc2cccc(F)c2N)C1. The lowest BCUT2D eigenvalue weighted by Crippen LogP contribution is -2.52. The number of nitrogens with zero attached hydrogens (tertiary/aromatic N) is 1. The zero-order valence-electron chi connectivity index (χ0n) is 8.13. The Hall–Kier alpha value is -1.29. The minimum absolute atomic E-state index is 0.210. The maximum Gasteiger partial charge on any atom is 0.148 e. The van der Waals surface area contributed by atoms with Crippen molar-refractivity contribution in [2.45, 2.75) is 6.04 Å². The average Bonchev–Trinajstić information content (AvgIpc) is 2.10. The van der Waals surface area contributed by atoms with Gasteiger partial charge in [-0.3, -0.25) is 0 Å². The third-order valence-electron chi connectivity index (χ3n) is 2.48. The molecule has 1 aromatic rings. The summed E-state index contributed by atoms with van der Waals surface area (Å²) in [7, 11) is 2.05. The van der Waals surface area contributed by atoms with E-state index in [2.05, 4.69) is 10.2 Å². The fourth-order valence-electron chi connectivity index (χ4n) is 1.67.